The average Bonchev–Trinajstić information content (AvgIpc) is 3.15. The summed E-state index contributed by atoms with van der Waals surface area (Å²) in [6.45, 7) is 13.4. The molecule has 4 aliphatic heterocycles. The van der Waals surface area contributed by atoms with Crippen LogP contribution in [-0.4, -0.2) is 43.7 Å². The Bertz CT molecular complexity index is 1290. The number of nitrogens with zero attached hydrogens (tertiary/aromatic N) is 4. The monoisotopic (exact) mass is 1160 g/mol. The second-order valence-corrected chi connectivity index (χ2v) is 107. The van der Waals surface area contributed by atoms with Crippen molar-refractivity contribution in [2.24, 2.45) is 0 Å². The third-order valence-corrected chi connectivity index (χ3v) is 250. The van der Waals surface area contributed by atoms with E-state index in [4.69, 9.17) is 0 Å². The first-order chi connectivity index (χ1) is 24.6. The first-order valence-electron chi connectivity index (χ1n) is 18.1. The second kappa shape index (κ2) is 31.2. The second-order valence-electron chi connectivity index (χ2n) is 12.3. The molecule has 0 spiro atoms. The van der Waals surface area contributed by atoms with Gasteiger partial charge in [0.15, 0.2) is 49.6 Å². The molecule has 4 radical (unpaired) electrons. The van der Waals surface area contributed by atoms with Crippen LogP contribution in [0.2, 0.25) is 0 Å². The van der Waals surface area contributed by atoms with E-state index < -0.39 is 43.7 Å². The molecule has 0 saturated carbocycles. The molecule has 8 heterocycles. The molecule has 296 valence electrons. The Morgan fingerprint density at radius 1 is 0.333 bits per heavy atom. The number of unbranched alkanes of at least 4 members (excludes halogenated alkanes) is 4. The standard InChI is InChI=1S/2C18H26N2.Ge4S6.4H2S/c2*1-3-5-11-19-13-7-17(8-14-19)18-9-15-20(16-10-18)12-6-4-2;5-1-6-3-8-2(5)9-4(7-1)10-3;;;;/h2*7-10,13-16H,3-6,11-12H2,1-2H3;;4*1H2/q2*+2;;;;;/p-4. The fourth-order valence-corrected chi connectivity index (χ4v) is 618. The number of thiol groups is 4. The van der Waals surface area contributed by atoms with E-state index in [0.717, 1.165) is 26.2 Å². The van der Waals surface area contributed by atoms with Crippen LogP contribution in [0.4, 0.5) is 0 Å². The van der Waals surface area contributed by atoms with Crippen LogP contribution in [0.5, 0.6) is 0 Å². The number of aromatic nitrogens is 4. The summed E-state index contributed by atoms with van der Waals surface area (Å²) in [5.74, 6) is 0. The van der Waals surface area contributed by atoms with Crippen molar-refractivity contribution in [3.8, 4) is 22.3 Å². The predicted octanol–water partition coefficient (Wildman–Crippen LogP) is 8.34. The molecule has 0 unspecified atom stereocenters. The van der Waals surface area contributed by atoms with Gasteiger partial charge in [0, 0.05) is 74.2 Å². The van der Waals surface area contributed by atoms with Crippen molar-refractivity contribution < 1.29 is 18.3 Å². The van der Waals surface area contributed by atoms with Gasteiger partial charge in [-0.2, -0.15) is 0 Å². The maximum absolute atomic E-state index is 2.56. The van der Waals surface area contributed by atoms with Gasteiger partial charge in [-0.25, -0.2) is 18.3 Å². The Labute approximate surface area is 386 Å². The van der Waals surface area contributed by atoms with E-state index in [2.05, 4.69) is 195 Å². The van der Waals surface area contributed by atoms with Crippen molar-refractivity contribution in [3.05, 3.63) is 98.1 Å². The van der Waals surface area contributed by atoms with Crippen LogP contribution in [-0.2, 0) is 80.2 Å². The fraction of sp³-hybridized carbons (Fsp3) is 0.444. The van der Waals surface area contributed by atoms with Crippen molar-refractivity contribution in [1.82, 2.24) is 0 Å². The van der Waals surface area contributed by atoms with E-state index in [9.17, 15) is 0 Å². The molecular formula is C36H56Ge4N4S10. The Hall–Kier alpha value is 2.27. The number of aryl methyl sites for hydroxylation is 4. The molecule has 4 aromatic rings. The fourth-order valence-electron chi connectivity index (χ4n) is 5.22. The maximum atomic E-state index is 2.56. The van der Waals surface area contributed by atoms with Gasteiger partial charge in [0.05, 0.1) is 0 Å². The van der Waals surface area contributed by atoms with Crippen LogP contribution in [0.25, 0.3) is 22.3 Å². The molecule has 4 nitrogen and oxygen atoms in total. The molecule has 4 saturated heterocycles. The Kier molecular flexibility index (Phi) is 31.3. The summed E-state index contributed by atoms with van der Waals surface area (Å²) in [7, 11) is 13.7. The molecule has 8 rings (SSSR count). The zero-order valence-corrected chi connectivity index (χ0v) is 48.6. The molecule has 0 aromatic carbocycles. The van der Waals surface area contributed by atoms with E-state index in [1.807, 2.05) is 0 Å². The van der Waals surface area contributed by atoms with Crippen LogP contribution < -0.4 is 18.3 Å². The van der Waals surface area contributed by atoms with Crippen LogP contribution >= 0.6 is 50.5 Å². The third-order valence-electron chi connectivity index (χ3n) is 8.31. The summed E-state index contributed by atoms with van der Waals surface area (Å²) in [5.41, 5.74) is 5.17. The molecule has 4 aromatic heterocycles. The summed E-state index contributed by atoms with van der Waals surface area (Å²) in [6.07, 6.45) is 27.4. The van der Waals surface area contributed by atoms with Crippen molar-refractivity contribution in [2.45, 2.75) is 105 Å². The quantitative estimate of drug-likeness (QED) is 0.0528. The normalized spacial score (nSPS) is 14.6. The molecule has 18 heteroatoms. The van der Waals surface area contributed by atoms with Gasteiger partial charge in [-0.3, -0.25) is 0 Å². The summed E-state index contributed by atoms with van der Waals surface area (Å²) in [4.78, 5) is 0. The summed E-state index contributed by atoms with van der Waals surface area (Å²) in [6, 6.07) is 17.7. The molecular weight excluding hydrogens is 1100 g/mol. The number of pyridine rings is 4. The van der Waals surface area contributed by atoms with Gasteiger partial charge in [0.2, 0.25) is 0 Å². The zero-order valence-electron chi connectivity index (χ0n) is 31.8. The average molecular weight is 1160 g/mol. The van der Waals surface area contributed by atoms with Crippen molar-refractivity contribution in [1.29, 1.82) is 0 Å². The van der Waals surface area contributed by atoms with E-state index in [-0.39, 0.29) is 54.0 Å². The third kappa shape index (κ3) is 18.9. The first-order valence-corrected chi connectivity index (χ1v) is 53.8. The molecule has 4 aliphatic rings. The van der Waals surface area contributed by atoms with Crippen LogP contribution in [0, 0.1) is 0 Å². The Morgan fingerprint density at radius 2 is 0.500 bits per heavy atom. The van der Waals surface area contributed by atoms with Gasteiger partial charge in [0.25, 0.3) is 0 Å². The van der Waals surface area contributed by atoms with E-state index in [1.165, 1.54) is 73.6 Å². The SMILES string of the molecule is CCCC[n+]1ccc(-c2cc[n+](CCCC)cc2)cc1.CCCC[n+]1ccc(-c2cc[n+](CCCC)cc2)cc1.[SH-].[SH-].[SH-].[SH-].[S]1[Ge]2[S][Ge]3[S][Ge]1[S][Ge]([S]2)[S]3. The molecule has 0 atom stereocenters. The molecule has 0 aliphatic carbocycles. The van der Waals surface area contributed by atoms with Crippen LogP contribution in [0.15, 0.2) is 98.1 Å². The van der Waals surface area contributed by atoms with E-state index in [0.29, 0.717) is 0 Å². The van der Waals surface area contributed by atoms with Crippen LogP contribution in [0.3, 0.4) is 0 Å². The summed E-state index contributed by atoms with van der Waals surface area (Å²) >= 11 is 0. The Balaban J connectivity index is 0.000000407. The minimum atomic E-state index is -0.427. The number of rotatable bonds is 14. The molecule has 0 N–H and O–H groups in total. The van der Waals surface area contributed by atoms with Crippen molar-refractivity contribution in [2.75, 3.05) is 0 Å². The molecule has 4 fully saturated rings. The predicted molar refractivity (Wildman–Crippen MR) is 268 cm³/mol. The van der Waals surface area contributed by atoms with Gasteiger partial charge in [-0.05, 0) is 22.3 Å². The first kappa shape index (κ1) is 54.3. The Morgan fingerprint density at radius 3 is 0.648 bits per heavy atom. The number of hydrogen-bond donors (Lipinski definition) is 0. The van der Waals surface area contributed by atoms with Gasteiger partial charge in [-0.15, -0.1) is 0 Å². The number of hydrogen-bond acceptors (Lipinski definition) is 10. The summed E-state index contributed by atoms with van der Waals surface area (Å²) < 4.78 is 9.05. The topological polar surface area (TPSA) is 15.5 Å². The molecule has 0 amide bonds. The van der Waals surface area contributed by atoms with Gasteiger partial charge in [-0.1, -0.05) is 53.4 Å². The van der Waals surface area contributed by atoms with E-state index in [1.54, 1.807) is 0 Å². The van der Waals surface area contributed by atoms with Gasteiger partial charge < -0.3 is 54.0 Å². The van der Waals surface area contributed by atoms with Crippen LogP contribution in [0.1, 0.15) is 79.1 Å². The minimum absolute atomic E-state index is 0. The molecule has 54 heavy (non-hydrogen) atoms. The van der Waals surface area contributed by atoms with Gasteiger partial charge in [0.1, 0.15) is 26.2 Å². The van der Waals surface area contributed by atoms with Gasteiger partial charge >= 0.3 is 94.2 Å². The van der Waals surface area contributed by atoms with Crippen molar-refractivity contribution >= 4 is 148 Å². The zero-order chi connectivity index (χ0) is 35.0. The van der Waals surface area contributed by atoms with Crippen molar-refractivity contribution in [3.63, 3.8) is 0 Å². The summed E-state index contributed by atoms with van der Waals surface area (Å²) in [5, 5.41) is 0. The molecule has 4 bridgehead atoms. The van der Waals surface area contributed by atoms with E-state index >= 15 is 0 Å².